The lowest BCUT2D eigenvalue weighted by molar-refractivity contribution is -0.125. The Morgan fingerprint density at radius 1 is 1.19 bits per heavy atom. The lowest BCUT2D eigenvalue weighted by atomic mass is 9.75. The zero-order chi connectivity index (χ0) is 18.1. The van der Waals surface area contributed by atoms with Gasteiger partial charge >= 0.3 is 0 Å². The molecule has 2 aliphatic rings. The molecule has 4 rings (SSSR count). The standard InChI is InChI=1S/C21H23ClN2O2/c22-17-3-1-16(2-4-17)21(7-8-21)20(26)24-19(15-12-18(25)13-15)11-14-5-9-23-10-6-14/h1-6,9-10,15,18-19,25H,7-8,11-13H2,(H,24,26). The number of aliphatic hydroxyl groups excluding tert-OH is 1. The van der Waals surface area contributed by atoms with Crippen LogP contribution in [0.25, 0.3) is 0 Å². The summed E-state index contributed by atoms with van der Waals surface area (Å²) in [5.41, 5.74) is 1.78. The van der Waals surface area contributed by atoms with Gasteiger partial charge in [0.2, 0.25) is 5.91 Å². The molecule has 136 valence electrons. The van der Waals surface area contributed by atoms with Gasteiger partial charge in [-0.25, -0.2) is 0 Å². The van der Waals surface area contributed by atoms with Gasteiger partial charge in [-0.3, -0.25) is 9.78 Å². The number of pyridine rings is 1. The van der Waals surface area contributed by atoms with Crippen LogP contribution >= 0.6 is 11.6 Å². The van der Waals surface area contributed by atoms with Crippen LogP contribution in [0.5, 0.6) is 0 Å². The van der Waals surface area contributed by atoms with E-state index in [1.807, 2.05) is 36.4 Å². The largest absolute Gasteiger partial charge is 0.393 e. The van der Waals surface area contributed by atoms with Gasteiger partial charge in [-0.2, -0.15) is 0 Å². The Labute approximate surface area is 158 Å². The summed E-state index contributed by atoms with van der Waals surface area (Å²) in [5.74, 6) is 0.420. The van der Waals surface area contributed by atoms with Crippen LogP contribution in [0.3, 0.4) is 0 Å². The van der Waals surface area contributed by atoms with Crippen molar-refractivity contribution < 1.29 is 9.90 Å². The predicted molar refractivity (Wildman–Crippen MR) is 101 cm³/mol. The molecule has 1 amide bonds. The molecular weight excluding hydrogens is 348 g/mol. The minimum atomic E-state index is -0.413. The van der Waals surface area contributed by atoms with Gasteiger partial charge < -0.3 is 10.4 Å². The number of amides is 1. The number of halogens is 1. The second-order valence-electron chi connectivity index (χ2n) is 7.61. The average molecular weight is 371 g/mol. The summed E-state index contributed by atoms with van der Waals surface area (Å²) >= 11 is 5.99. The first kappa shape index (κ1) is 17.5. The quantitative estimate of drug-likeness (QED) is 0.820. The van der Waals surface area contributed by atoms with E-state index in [0.29, 0.717) is 10.9 Å². The van der Waals surface area contributed by atoms with E-state index in [0.717, 1.165) is 43.2 Å². The molecule has 0 spiro atoms. The third-order valence-electron chi connectivity index (χ3n) is 5.82. The van der Waals surface area contributed by atoms with E-state index in [9.17, 15) is 9.90 Å². The second-order valence-corrected chi connectivity index (χ2v) is 8.05. The molecule has 2 aliphatic carbocycles. The van der Waals surface area contributed by atoms with Gasteiger partial charge in [0, 0.05) is 23.5 Å². The summed E-state index contributed by atoms with van der Waals surface area (Å²) in [6.45, 7) is 0. The SMILES string of the molecule is O=C(NC(Cc1ccncc1)C1CC(O)C1)C1(c2ccc(Cl)cc2)CC1. The first-order chi connectivity index (χ1) is 12.6. The Balaban J connectivity index is 1.49. The van der Waals surface area contributed by atoms with Crippen molar-refractivity contribution in [3.63, 3.8) is 0 Å². The molecule has 2 N–H and O–H groups in total. The molecule has 0 saturated heterocycles. The number of rotatable bonds is 6. The zero-order valence-corrected chi connectivity index (χ0v) is 15.3. The van der Waals surface area contributed by atoms with Gasteiger partial charge in [-0.1, -0.05) is 23.7 Å². The van der Waals surface area contributed by atoms with Crippen molar-refractivity contribution in [2.24, 2.45) is 5.92 Å². The molecule has 4 nitrogen and oxygen atoms in total. The van der Waals surface area contributed by atoms with Crippen LogP contribution in [-0.2, 0) is 16.6 Å². The Kier molecular flexibility index (Phi) is 4.72. The van der Waals surface area contributed by atoms with Crippen molar-refractivity contribution in [3.8, 4) is 0 Å². The highest BCUT2D eigenvalue weighted by Crippen LogP contribution is 2.49. The normalized spacial score (nSPS) is 24.4. The summed E-state index contributed by atoms with van der Waals surface area (Å²) < 4.78 is 0. The number of carbonyl (C=O) groups is 1. The van der Waals surface area contributed by atoms with Crippen molar-refractivity contribution in [3.05, 3.63) is 64.9 Å². The van der Waals surface area contributed by atoms with E-state index < -0.39 is 5.41 Å². The maximum Gasteiger partial charge on any atom is 0.230 e. The number of carbonyl (C=O) groups excluding carboxylic acids is 1. The van der Waals surface area contributed by atoms with Gasteiger partial charge in [0.25, 0.3) is 0 Å². The smallest absolute Gasteiger partial charge is 0.230 e. The Morgan fingerprint density at radius 3 is 2.42 bits per heavy atom. The Bertz CT molecular complexity index is 768. The number of nitrogens with one attached hydrogen (secondary N) is 1. The monoisotopic (exact) mass is 370 g/mol. The molecule has 2 aromatic rings. The van der Waals surface area contributed by atoms with Crippen LogP contribution in [0.1, 0.15) is 36.8 Å². The number of hydrogen-bond acceptors (Lipinski definition) is 3. The van der Waals surface area contributed by atoms with Crippen molar-refractivity contribution >= 4 is 17.5 Å². The molecule has 26 heavy (non-hydrogen) atoms. The van der Waals surface area contributed by atoms with Gasteiger partial charge in [-0.15, -0.1) is 0 Å². The average Bonchev–Trinajstić information content (AvgIpc) is 3.42. The predicted octanol–water partition coefficient (Wildman–Crippen LogP) is 3.27. The van der Waals surface area contributed by atoms with E-state index in [2.05, 4.69) is 10.3 Å². The van der Waals surface area contributed by atoms with Crippen molar-refractivity contribution in [1.82, 2.24) is 10.3 Å². The number of aromatic nitrogens is 1. The van der Waals surface area contributed by atoms with E-state index in [1.165, 1.54) is 0 Å². The first-order valence-corrected chi connectivity index (χ1v) is 9.58. The van der Waals surface area contributed by atoms with Crippen molar-refractivity contribution in [1.29, 1.82) is 0 Å². The lowest BCUT2D eigenvalue weighted by Gasteiger charge is -2.39. The molecule has 1 aromatic heterocycles. The molecule has 1 atom stereocenters. The van der Waals surface area contributed by atoms with E-state index in [4.69, 9.17) is 11.6 Å². The molecule has 0 aliphatic heterocycles. The summed E-state index contributed by atoms with van der Waals surface area (Å²) in [5, 5.41) is 13.7. The van der Waals surface area contributed by atoms with Gasteiger partial charge in [0.15, 0.2) is 0 Å². The first-order valence-electron chi connectivity index (χ1n) is 9.21. The van der Waals surface area contributed by atoms with Gasteiger partial charge in [0.05, 0.1) is 11.5 Å². The highest BCUT2D eigenvalue weighted by molar-refractivity contribution is 6.30. The highest BCUT2D eigenvalue weighted by atomic mass is 35.5. The van der Waals surface area contributed by atoms with Crippen LogP contribution in [0.4, 0.5) is 0 Å². The molecular formula is C21H23ClN2O2. The molecule has 2 fully saturated rings. The molecule has 0 radical (unpaired) electrons. The van der Waals surface area contributed by atoms with Crippen molar-refractivity contribution in [2.75, 3.05) is 0 Å². The third kappa shape index (κ3) is 3.49. The fourth-order valence-electron chi connectivity index (χ4n) is 3.91. The topological polar surface area (TPSA) is 62.2 Å². The van der Waals surface area contributed by atoms with Crippen LogP contribution < -0.4 is 5.32 Å². The third-order valence-corrected chi connectivity index (χ3v) is 6.07. The summed E-state index contributed by atoms with van der Waals surface area (Å²) in [7, 11) is 0. The maximum atomic E-state index is 13.1. The fourth-order valence-corrected chi connectivity index (χ4v) is 4.04. The maximum absolute atomic E-state index is 13.1. The second kappa shape index (κ2) is 7.01. The number of nitrogens with zero attached hydrogens (tertiary/aromatic N) is 1. The van der Waals surface area contributed by atoms with E-state index in [1.54, 1.807) is 12.4 Å². The molecule has 1 aromatic carbocycles. The summed E-state index contributed by atoms with van der Waals surface area (Å²) in [4.78, 5) is 17.2. The molecule has 5 heteroatoms. The number of benzene rings is 1. The minimum Gasteiger partial charge on any atom is -0.393 e. The molecule has 1 unspecified atom stereocenters. The number of aliphatic hydroxyl groups is 1. The highest BCUT2D eigenvalue weighted by Gasteiger charge is 2.52. The van der Waals surface area contributed by atoms with Crippen molar-refractivity contribution in [2.45, 2.75) is 49.7 Å². The molecule has 0 bridgehead atoms. The van der Waals surface area contributed by atoms with Crippen LogP contribution in [0.2, 0.25) is 5.02 Å². The molecule has 2 saturated carbocycles. The zero-order valence-electron chi connectivity index (χ0n) is 14.6. The summed E-state index contributed by atoms with van der Waals surface area (Å²) in [6.07, 6.45) is 7.34. The Hall–Kier alpha value is -1.91. The lowest BCUT2D eigenvalue weighted by Crippen LogP contribution is -2.50. The van der Waals surface area contributed by atoms with E-state index >= 15 is 0 Å². The van der Waals surface area contributed by atoms with E-state index in [-0.39, 0.29) is 18.1 Å². The van der Waals surface area contributed by atoms with Gasteiger partial charge in [-0.05, 0) is 73.4 Å². The van der Waals surface area contributed by atoms with Gasteiger partial charge in [0.1, 0.15) is 0 Å². The van der Waals surface area contributed by atoms with Crippen LogP contribution in [0, 0.1) is 5.92 Å². The minimum absolute atomic E-state index is 0.0399. The van der Waals surface area contributed by atoms with Crippen LogP contribution in [-0.4, -0.2) is 28.1 Å². The van der Waals surface area contributed by atoms with Crippen LogP contribution in [0.15, 0.2) is 48.8 Å². The fraction of sp³-hybridized carbons (Fsp3) is 0.429. The molecule has 1 heterocycles. The summed E-state index contributed by atoms with van der Waals surface area (Å²) in [6, 6.07) is 11.6. The number of hydrogen-bond donors (Lipinski definition) is 2. The Morgan fingerprint density at radius 2 is 1.85 bits per heavy atom.